The largest absolute Gasteiger partial charge is 0.383 e. The molecule has 0 spiro atoms. The number of aryl methyl sites for hydroxylation is 1. The second kappa shape index (κ2) is 7.50. The van der Waals surface area contributed by atoms with E-state index in [1.807, 2.05) is 33.8 Å². The molecule has 0 bridgehead atoms. The molecule has 0 radical (unpaired) electrons. The molecule has 1 amide bonds. The number of anilines is 3. The molecule has 3 aromatic rings. The van der Waals surface area contributed by atoms with E-state index in [9.17, 15) is 4.79 Å². The lowest BCUT2D eigenvalue weighted by Gasteiger charge is -2.14. The molecule has 2 aromatic heterocycles. The normalized spacial score (nSPS) is 11.4. The zero-order chi connectivity index (χ0) is 21.3. The van der Waals surface area contributed by atoms with Gasteiger partial charge >= 0.3 is 0 Å². The molecule has 0 saturated heterocycles. The second-order valence-corrected chi connectivity index (χ2v) is 8.02. The van der Waals surface area contributed by atoms with E-state index in [-0.39, 0.29) is 23.0 Å². The number of carbonyl (C=O) groups excluding carboxylic acids is 1. The molecule has 0 unspecified atom stereocenters. The first-order valence-electron chi connectivity index (χ1n) is 9.12. The molecule has 29 heavy (non-hydrogen) atoms. The van der Waals surface area contributed by atoms with Crippen LogP contribution < -0.4 is 11.1 Å². The van der Waals surface area contributed by atoms with E-state index >= 15 is 0 Å². The third kappa shape index (κ3) is 4.34. The maximum Gasteiger partial charge on any atom is 0.263 e. The molecule has 3 N–H and O–H groups in total. The Balaban J connectivity index is 1.81. The van der Waals surface area contributed by atoms with E-state index in [0.717, 1.165) is 11.3 Å². The number of nitrogens with one attached hydrogen (secondary N) is 1. The number of nitrogens with zero attached hydrogens (tertiary/aromatic N) is 5. The van der Waals surface area contributed by atoms with Crippen LogP contribution in [-0.4, -0.2) is 45.0 Å². The van der Waals surface area contributed by atoms with E-state index < -0.39 is 0 Å². The third-order valence-corrected chi connectivity index (χ3v) is 4.26. The highest BCUT2D eigenvalue weighted by molar-refractivity contribution is 5.95. The Morgan fingerprint density at radius 1 is 1.21 bits per heavy atom. The van der Waals surface area contributed by atoms with Gasteiger partial charge in [0, 0.05) is 37.0 Å². The first kappa shape index (κ1) is 20.2. The Labute approximate surface area is 169 Å². The van der Waals surface area contributed by atoms with Gasteiger partial charge in [0.25, 0.3) is 11.8 Å². The Hall–Kier alpha value is -3.49. The highest BCUT2D eigenvalue weighted by Crippen LogP contribution is 2.27. The summed E-state index contributed by atoms with van der Waals surface area (Å²) in [5, 5.41) is 7.09. The number of nitrogen functional groups attached to an aromatic ring is 1. The number of aromatic nitrogens is 4. The van der Waals surface area contributed by atoms with Gasteiger partial charge in [-0.1, -0.05) is 25.9 Å². The fourth-order valence-electron chi connectivity index (χ4n) is 2.61. The van der Waals surface area contributed by atoms with Crippen molar-refractivity contribution in [3.8, 4) is 11.5 Å². The van der Waals surface area contributed by atoms with Crippen LogP contribution in [0.4, 0.5) is 17.5 Å². The fourth-order valence-corrected chi connectivity index (χ4v) is 2.61. The Morgan fingerprint density at radius 2 is 1.93 bits per heavy atom. The first-order chi connectivity index (χ1) is 13.6. The number of nitrogens with two attached hydrogens (primary N) is 1. The van der Waals surface area contributed by atoms with Crippen molar-refractivity contribution in [2.75, 3.05) is 25.1 Å². The SMILES string of the molecule is Cc1cc(Nc2ncc(-c3nc(C(C)(C)C)no3)c(N)n2)ccc1C(=O)N(C)C. The predicted molar refractivity (Wildman–Crippen MR) is 111 cm³/mol. The number of amides is 1. The maximum atomic E-state index is 12.2. The van der Waals surface area contributed by atoms with Gasteiger partial charge in [-0.3, -0.25) is 4.79 Å². The van der Waals surface area contributed by atoms with Crippen LogP contribution in [0.2, 0.25) is 0 Å². The average Bonchev–Trinajstić information content (AvgIpc) is 3.11. The maximum absolute atomic E-state index is 12.2. The van der Waals surface area contributed by atoms with Crippen molar-refractivity contribution in [1.29, 1.82) is 0 Å². The summed E-state index contributed by atoms with van der Waals surface area (Å²) in [5.41, 5.74) is 8.55. The third-order valence-electron chi connectivity index (χ3n) is 4.26. The molecule has 0 aliphatic heterocycles. The zero-order valence-electron chi connectivity index (χ0n) is 17.4. The number of rotatable bonds is 4. The van der Waals surface area contributed by atoms with Gasteiger partial charge in [0.05, 0.1) is 0 Å². The Morgan fingerprint density at radius 3 is 2.48 bits per heavy atom. The van der Waals surface area contributed by atoms with Crippen molar-refractivity contribution in [1.82, 2.24) is 25.0 Å². The zero-order valence-corrected chi connectivity index (χ0v) is 17.4. The van der Waals surface area contributed by atoms with Crippen LogP contribution in [-0.2, 0) is 5.41 Å². The predicted octanol–water partition coefficient (Wildman–Crippen LogP) is 3.16. The van der Waals surface area contributed by atoms with E-state index in [2.05, 4.69) is 25.4 Å². The van der Waals surface area contributed by atoms with Crippen LogP contribution in [0.5, 0.6) is 0 Å². The molecule has 9 heteroatoms. The van der Waals surface area contributed by atoms with Gasteiger partial charge in [0.2, 0.25) is 5.95 Å². The van der Waals surface area contributed by atoms with Crippen LogP contribution in [0, 0.1) is 6.92 Å². The molecule has 0 atom stereocenters. The molecule has 9 nitrogen and oxygen atoms in total. The molecule has 3 rings (SSSR count). The molecular weight excluding hydrogens is 370 g/mol. The van der Waals surface area contributed by atoms with Crippen molar-refractivity contribution in [2.45, 2.75) is 33.1 Å². The average molecular weight is 395 g/mol. The Bertz CT molecular complexity index is 1050. The summed E-state index contributed by atoms with van der Waals surface area (Å²) < 4.78 is 5.31. The van der Waals surface area contributed by atoms with Gasteiger partial charge in [-0.05, 0) is 30.7 Å². The van der Waals surface area contributed by atoms with Crippen LogP contribution in [0.25, 0.3) is 11.5 Å². The molecule has 1 aromatic carbocycles. The summed E-state index contributed by atoms with van der Waals surface area (Å²) in [4.78, 5) is 26.7. The minimum Gasteiger partial charge on any atom is -0.383 e. The van der Waals surface area contributed by atoms with Crippen LogP contribution in [0.3, 0.4) is 0 Å². The van der Waals surface area contributed by atoms with Crippen molar-refractivity contribution in [2.24, 2.45) is 0 Å². The summed E-state index contributed by atoms with van der Waals surface area (Å²) >= 11 is 0. The van der Waals surface area contributed by atoms with Gasteiger partial charge in [0.15, 0.2) is 5.82 Å². The van der Waals surface area contributed by atoms with Gasteiger partial charge in [-0.15, -0.1) is 0 Å². The monoisotopic (exact) mass is 395 g/mol. The Kier molecular flexibility index (Phi) is 5.23. The van der Waals surface area contributed by atoms with Gasteiger partial charge in [0.1, 0.15) is 11.4 Å². The summed E-state index contributed by atoms with van der Waals surface area (Å²) in [6.07, 6.45) is 1.54. The lowest BCUT2D eigenvalue weighted by Crippen LogP contribution is -2.22. The van der Waals surface area contributed by atoms with E-state index in [4.69, 9.17) is 10.3 Å². The molecule has 0 saturated carbocycles. The quantitative estimate of drug-likeness (QED) is 0.690. The van der Waals surface area contributed by atoms with Crippen molar-refractivity contribution >= 4 is 23.4 Å². The van der Waals surface area contributed by atoms with Crippen LogP contribution in [0.15, 0.2) is 28.9 Å². The highest BCUT2D eigenvalue weighted by atomic mass is 16.5. The summed E-state index contributed by atoms with van der Waals surface area (Å²) in [6, 6.07) is 5.42. The lowest BCUT2D eigenvalue weighted by molar-refractivity contribution is 0.0827. The van der Waals surface area contributed by atoms with Crippen molar-refractivity contribution < 1.29 is 9.32 Å². The van der Waals surface area contributed by atoms with Crippen molar-refractivity contribution in [3.05, 3.63) is 41.3 Å². The lowest BCUT2D eigenvalue weighted by atomic mass is 9.96. The minimum absolute atomic E-state index is 0.0481. The topological polar surface area (TPSA) is 123 Å². The van der Waals surface area contributed by atoms with Gasteiger partial charge in [-0.25, -0.2) is 4.98 Å². The molecule has 2 heterocycles. The smallest absolute Gasteiger partial charge is 0.263 e. The molecule has 0 fully saturated rings. The molecular formula is C20H25N7O2. The second-order valence-electron chi connectivity index (χ2n) is 8.02. The summed E-state index contributed by atoms with van der Waals surface area (Å²) in [7, 11) is 3.44. The van der Waals surface area contributed by atoms with Gasteiger partial charge < -0.3 is 20.5 Å². The molecule has 0 aliphatic rings. The van der Waals surface area contributed by atoms with E-state index in [1.165, 1.54) is 0 Å². The van der Waals surface area contributed by atoms with Crippen LogP contribution >= 0.6 is 0 Å². The van der Waals surface area contributed by atoms with E-state index in [0.29, 0.717) is 22.9 Å². The molecule has 0 aliphatic carbocycles. The van der Waals surface area contributed by atoms with Crippen molar-refractivity contribution in [3.63, 3.8) is 0 Å². The number of carbonyl (C=O) groups is 1. The number of benzene rings is 1. The standard InChI is InChI=1S/C20H25N7O2/c1-11-9-12(7-8-13(11)17(28)27(5)6)23-19-22-10-14(15(21)24-19)16-25-18(26-29-16)20(2,3)4/h7-10H,1-6H3,(H3,21,22,23,24). The fraction of sp³-hybridized carbons (Fsp3) is 0.350. The summed E-state index contributed by atoms with van der Waals surface area (Å²) in [6.45, 7) is 7.86. The van der Waals surface area contributed by atoms with E-state index in [1.54, 1.807) is 37.3 Å². The number of hydrogen-bond donors (Lipinski definition) is 2. The van der Waals surface area contributed by atoms with Gasteiger partial charge in [-0.2, -0.15) is 9.97 Å². The summed E-state index contributed by atoms with van der Waals surface area (Å²) in [5.74, 6) is 1.36. The first-order valence-corrected chi connectivity index (χ1v) is 9.12. The number of hydrogen-bond acceptors (Lipinski definition) is 8. The minimum atomic E-state index is -0.239. The molecule has 152 valence electrons. The highest BCUT2D eigenvalue weighted by Gasteiger charge is 2.23. The van der Waals surface area contributed by atoms with Crippen LogP contribution in [0.1, 0.15) is 42.5 Å².